The van der Waals surface area contributed by atoms with Gasteiger partial charge in [0.1, 0.15) is 11.1 Å². The molecule has 1 saturated heterocycles. The van der Waals surface area contributed by atoms with Gasteiger partial charge in [-0.2, -0.15) is 4.98 Å². The predicted molar refractivity (Wildman–Crippen MR) is 88.8 cm³/mol. The first-order valence-corrected chi connectivity index (χ1v) is 7.92. The molecular formula is C17H23N3O3. The van der Waals surface area contributed by atoms with Crippen molar-refractivity contribution in [1.82, 2.24) is 9.88 Å². The van der Waals surface area contributed by atoms with E-state index >= 15 is 0 Å². The Morgan fingerprint density at radius 2 is 1.91 bits per heavy atom. The number of ether oxygens (including phenoxy) is 1. The Morgan fingerprint density at radius 1 is 1.22 bits per heavy atom. The molecule has 2 aromatic rings. The number of aryl methyl sites for hydroxylation is 1. The number of oxazole rings is 1. The summed E-state index contributed by atoms with van der Waals surface area (Å²) in [6.45, 7) is 10.2. The van der Waals surface area contributed by atoms with Crippen LogP contribution in [0.2, 0.25) is 0 Å². The lowest BCUT2D eigenvalue weighted by molar-refractivity contribution is 0.0239. The van der Waals surface area contributed by atoms with Gasteiger partial charge in [0, 0.05) is 26.2 Å². The summed E-state index contributed by atoms with van der Waals surface area (Å²) < 4.78 is 11.3. The lowest BCUT2D eigenvalue weighted by Gasteiger charge is -2.34. The molecule has 1 amide bonds. The average Bonchev–Trinajstić information content (AvgIpc) is 2.88. The normalized spacial score (nSPS) is 16.0. The van der Waals surface area contributed by atoms with Crippen LogP contribution in [0, 0.1) is 6.92 Å². The molecule has 1 aliphatic rings. The number of anilines is 1. The van der Waals surface area contributed by atoms with Crippen LogP contribution < -0.4 is 4.90 Å². The molecule has 0 unspecified atom stereocenters. The van der Waals surface area contributed by atoms with Gasteiger partial charge in [-0.15, -0.1) is 0 Å². The van der Waals surface area contributed by atoms with E-state index in [0.717, 1.165) is 16.7 Å². The standard InChI is InChI=1S/C17H23N3O3/c1-12-5-6-13-14(11-12)22-15(18-13)19-7-9-20(10-8-19)16(21)23-17(2,3)4/h5-6,11H,7-10H2,1-4H3. The van der Waals surface area contributed by atoms with Gasteiger partial charge in [-0.1, -0.05) is 6.07 Å². The van der Waals surface area contributed by atoms with Crippen LogP contribution in [0.5, 0.6) is 0 Å². The number of rotatable bonds is 1. The molecule has 0 saturated carbocycles. The molecule has 0 bridgehead atoms. The molecule has 3 rings (SSSR count). The summed E-state index contributed by atoms with van der Waals surface area (Å²) in [5, 5.41) is 0. The predicted octanol–water partition coefficient (Wildman–Crippen LogP) is 3.19. The molecule has 23 heavy (non-hydrogen) atoms. The number of carbonyl (C=O) groups excluding carboxylic acids is 1. The Balaban J connectivity index is 1.65. The van der Waals surface area contributed by atoms with Crippen LogP contribution in [0.25, 0.3) is 11.1 Å². The number of aromatic nitrogens is 1. The fourth-order valence-electron chi connectivity index (χ4n) is 2.56. The van der Waals surface area contributed by atoms with E-state index in [2.05, 4.69) is 9.88 Å². The molecule has 0 radical (unpaired) electrons. The number of benzene rings is 1. The van der Waals surface area contributed by atoms with Crippen LogP contribution in [0.1, 0.15) is 26.3 Å². The van der Waals surface area contributed by atoms with E-state index in [1.807, 2.05) is 45.9 Å². The van der Waals surface area contributed by atoms with Gasteiger partial charge in [-0.3, -0.25) is 0 Å². The third kappa shape index (κ3) is 3.57. The maximum atomic E-state index is 12.1. The van der Waals surface area contributed by atoms with Crippen molar-refractivity contribution >= 4 is 23.2 Å². The fraction of sp³-hybridized carbons (Fsp3) is 0.529. The minimum atomic E-state index is -0.466. The first-order chi connectivity index (χ1) is 10.8. The number of nitrogens with zero attached hydrogens (tertiary/aromatic N) is 3. The van der Waals surface area contributed by atoms with Crippen molar-refractivity contribution in [2.24, 2.45) is 0 Å². The van der Waals surface area contributed by atoms with Gasteiger partial charge in [0.25, 0.3) is 6.01 Å². The highest BCUT2D eigenvalue weighted by Gasteiger charge is 2.27. The minimum Gasteiger partial charge on any atom is -0.444 e. The Morgan fingerprint density at radius 3 is 2.57 bits per heavy atom. The maximum Gasteiger partial charge on any atom is 0.410 e. The number of fused-ring (bicyclic) bond motifs is 1. The Labute approximate surface area is 136 Å². The highest BCUT2D eigenvalue weighted by Crippen LogP contribution is 2.24. The van der Waals surface area contributed by atoms with Gasteiger partial charge in [-0.05, 0) is 45.4 Å². The molecule has 0 spiro atoms. The summed E-state index contributed by atoms with van der Waals surface area (Å²) >= 11 is 0. The Hall–Kier alpha value is -2.24. The maximum absolute atomic E-state index is 12.1. The molecule has 1 aromatic carbocycles. The van der Waals surface area contributed by atoms with Crippen molar-refractivity contribution < 1.29 is 13.9 Å². The van der Waals surface area contributed by atoms with Gasteiger partial charge in [0.15, 0.2) is 5.58 Å². The Bertz CT molecular complexity index is 709. The van der Waals surface area contributed by atoms with E-state index in [4.69, 9.17) is 9.15 Å². The summed E-state index contributed by atoms with van der Waals surface area (Å²) in [6.07, 6.45) is -0.259. The van der Waals surface area contributed by atoms with Gasteiger partial charge in [0.2, 0.25) is 0 Å². The lowest BCUT2D eigenvalue weighted by atomic mass is 10.2. The van der Waals surface area contributed by atoms with Gasteiger partial charge >= 0.3 is 6.09 Å². The molecule has 2 heterocycles. The van der Waals surface area contributed by atoms with Crippen LogP contribution in [0.3, 0.4) is 0 Å². The topological polar surface area (TPSA) is 58.8 Å². The highest BCUT2D eigenvalue weighted by molar-refractivity contribution is 5.75. The smallest absolute Gasteiger partial charge is 0.410 e. The second-order valence-corrected chi connectivity index (χ2v) is 6.92. The molecular weight excluding hydrogens is 294 g/mol. The number of piperazine rings is 1. The van der Waals surface area contributed by atoms with Crippen LogP contribution in [0.15, 0.2) is 22.6 Å². The van der Waals surface area contributed by atoms with Crippen molar-refractivity contribution in [2.75, 3.05) is 31.1 Å². The molecule has 1 aliphatic heterocycles. The summed E-state index contributed by atoms with van der Waals surface area (Å²) in [5.41, 5.74) is 2.34. The van der Waals surface area contributed by atoms with E-state index in [9.17, 15) is 4.79 Å². The molecule has 0 atom stereocenters. The Kier molecular flexibility index (Phi) is 3.92. The molecule has 1 fully saturated rings. The van der Waals surface area contributed by atoms with Crippen LogP contribution in [-0.2, 0) is 4.74 Å². The van der Waals surface area contributed by atoms with E-state index in [-0.39, 0.29) is 6.09 Å². The van der Waals surface area contributed by atoms with E-state index in [1.54, 1.807) is 4.90 Å². The number of hydrogen-bond donors (Lipinski definition) is 0. The molecule has 0 N–H and O–H groups in total. The third-order valence-corrected chi connectivity index (χ3v) is 3.73. The first kappa shape index (κ1) is 15.6. The van der Waals surface area contributed by atoms with E-state index in [1.165, 1.54) is 0 Å². The molecule has 1 aromatic heterocycles. The number of hydrogen-bond acceptors (Lipinski definition) is 5. The quantitative estimate of drug-likeness (QED) is 0.808. The van der Waals surface area contributed by atoms with Crippen LogP contribution in [0.4, 0.5) is 10.8 Å². The van der Waals surface area contributed by atoms with Gasteiger partial charge < -0.3 is 19.0 Å². The van der Waals surface area contributed by atoms with E-state index < -0.39 is 5.60 Å². The van der Waals surface area contributed by atoms with E-state index in [0.29, 0.717) is 32.2 Å². The second-order valence-electron chi connectivity index (χ2n) is 6.92. The number of amides is 1. The van der Waals surface area contributed by atoms with Crippen molar-refractivity contribution in [3.05, 3.63) is 23.8 Å². The zero-order chi connectivity index (χ0) is 16.6. The van der Waals surface area contributed by atoms with Crippen LogP contribution >= 0.6 is 0 Å². The second kappa shape index (κ2) is 5.76. The molecule has 6 nitrogen and oxygen atoms in total. The largest absolute Gasteiger partial charge is 0.444 e. The number of carbonyl (C=O) groups is 1. The zero-order valence-corrected chi connectivity index (χ0v) is 14.1. The van der Waals surface area contributed by atoms with Crippen molar-refractivity contribution in [1.29, 1.82) is 0 Å². The average molecular weight is 317 g/mol. The minimum absolute atomic E-state index is 0.259. The third-order valence-electron chi connectivity index (χ3n) is 3.73. The summed E-state index contributed by atoms with van der Waals surface area (Å²) in [7, 11) is 0. The molecule has 6 heteroatoms. The lowest BCUT2D eigenvalue weighted by Crippen LogP contribution is -2.50. The highest BCUT2D eigenvalue weighted by atomic mass is 16.6. The fourth-order valence-corrected chi connectivity index (χ4v) is 2.56. The SMILES string of the molecule is Cc1ccc2nc(N3CCN(C(=O)OC(C)(C)C)CC3)oc2c1. The summed E-state index contributed by atoms with van der Waals surface area (Å²) in [4.78, 5) is 20.4. The monoisotopic (exact) mass is 317 g/mol. The van der Waals surface area contributed by atoms with Crippen molar-refractivity contribution in [3.8, 4) is 0 Å². The van der Waals surface area contributed by atoms with Crippen molar-refractivity contribution in [2.45, 2.75) is 33.3 Å². The molecule has 124 valence electrons. The van der Waals surface area contributed by atoms with Crippen LogP contribution in [-0.4, -0.2) is 47.8 Å². The zero-order valence-electron chi connectivity index (χ0n) is 14.1. The molecule has 0 aliphatic carbocycles. The first-order valence-electron chi connectivity index (χ1n) is 7.92. The summed E-state index contributed by atoms with van der Waals surface area (Å²) in [5.74, 6) is 0. The van der Waals surface area contributed by atoms with Gasteiger partial charge in [-0.25, -0.2) is 4.79 Å². The van der Waals surface area contributed by atoms with Crippen molar-refractivity contribution in [3.63, 3.8) is 0 Å². The summed E-state index contributed by atoms with van der Waals surface area (Å²) in [6, 6.07) is 6.60. The van der Waals surface area contributed by atoms with Gasteiger partial charge in [0.05, 0.1) is 0 Å².